The van der Waals surface area contributed by atoms with E-state index in [4.69, 9.17) is 16.9 Å². The summed E-state index contributed by atoms with van der Waals surface area (Å²) in [7, 11) is 0. The van der Waals surface area contributed by atoms with Crippen LogP contribution in [0.4, 0.5) is 15.8 Å². The normalized spacial score (nSPS) is 18.9. The Morgan fingerprint density at radius 1 is 1.27 bits per heavy atom. The molecule has 1 aliphatic rings. The summed E-state index contributed by atoms with van der Waals surface area (Å²) < 4.78 is 13.8. The number of rotatable bonds is 2. The highest BCUT2D eigenvalue weighted by Gasteiger charge is 2.51. The fourth-order valence-electron chi connectivity index (χ4n) is 3.00. The highest BCUT2D eigenvalue weighted by atomic mass is 35.5. The van der Waals surface area contributed by atoms with Crippen LogP contribution in [-0.4, -0.2) is 22.1 Å². The lowest BCUT2D eigenvalue weighted by atomic mass is 10.0. The van der Waals surface area contributed by atoms with E-state index in [2.05, 4.69) is 12.6 Å². The van der Waals surface area contributed by atoms with Gasteiger partial charge in [-0.3, -0.25) is 9.69 Å². The number of aromatic hydroxyl groups is 1. The molecule has 1 atom stereocenters. The standard InChI is InChI=1S/C18H15ClFN3O2S/c1-18(2)16(25)22(11-4-3-10(9-21)13(19)7-11)17(26)23(18)12-5-6-15(24)14(20)8-12/h3-8,17,24,26H,1-2H3. The second kappa shape index (κ2) is 6.38. The molecule has 2 aromatic carbocycles. The number of hydrogen-bond donors (Lipinski definition) is 2. The number of carbonyl (C=O) groups excluding carboxylic acids is 1. The molecule has 0 spiro atoms. The van der Waals surface area contributed by atoms with E-state index in [0.29, 0.717) is 16.9 Å². The minimum Gasteiger partial charge on any atom is -0.505 e. The second-order valence-corrected chi connectivity index (χ2v) is 7.23. The molecule has 3 rings (SSSR count). The molecule has 0 aromatic heterocycles. The third kappa shape index (κ3) is 2.75. The van der Waals surface area contributed by atoms with Crippen molar-refractivity contribution in [3.05, 3.63) is 52.8 Å². The van der Waals surface area contributed by atoms with Crippen molar-refractivity contribution in [2.24, 2.45) is 0 Å². The number of nitriles is 1. The fourth-order valence-corrected chi connectivity index (χ4v) is 3.88. The number of nitrogens with zero attached hydrogens (tertiary/aromatic N) is 3. The zero-order valence-corrected chi connectivity index (χ0v) is 15.6. The number of amides is 1. The molecule has 0 radical (unpaired) electrons. The van der Waals surface area contributed by atoms with E-state index in [9.17, 15) is 14.3 Å². The Balaban J connectivity index is 2.07. The van der Waals surface area contributed by atoms with E-state index < -0.39 is 22.6 Å². The lowest BCUT2D eigenvalue weighted by Crippen LogP contribution is -2.44. The molecule has 134 valence electrons. The summed E-state index contributed by atoms with van der Waals surface area (Å²) in [6, 6.07) is 10.5. The van der Waals surface area contributed by atoms with Crippen molar-refractivity contribution in [3.63, 3.8) is 0 Å². The number of halogens is 2. The molecular weight excluding hydrogens is 377 g/mol. The van der Waals surface area contributed by atoms with E-state index in [1.165, 1.54) is 29.2 Å². The molecule has 0 bridgehead atoms. The van der Waals surface area contributed by atoms with Crippen LogP contribution in [0.3, 0.4) is 0 Å². The molecule has 0 aliphatic carbocycles. The minimum absolute atomic E-state index is 0.227. The monoisotopic (exact) mass is 391 g/mol. The summed E-state index contributed by atoms with van der Waals surface area (Å²) in [4.78, 5) is 16.1. The number of phenolic OH excluding ortho intramolecular Hbond substituents is 1. The van der Waals surface area contributed by atoms with Gasteiger partial charge < -0.3 is 10.0 Å². The Bertz CT molecular complexity index is 945. The Morgan fingerprint density at radius 3 is 2.50 bits per heavy atom. The fraction of sp³-hybridized carbons (Fsp3) is 0.222. The van der Waals surface area contributed by atoms with Gasteiger partial charge in [-0.25, -0.2) is 4.39 Å². The van der Waals surface area contributed by atoms with Gasteiger partial charge in [0.15, 0.2) is 17.1 Å². The van der Waals surface area contributed by atoms with Crippen LogP contribution in [0.15, 0.2) is 36.4 Å². The molecule has 1 heterocycles. The van der Waals surface area contributed by atoms with Crippen molar-refractivity contribution < 1.29 is 14.3 Å². The van der Waals surface area contributed by atoms with Crippen molar-refractivity contribution in [3.8, 4) is 11.8 Å². The number of anilines is 2. The first-order valence-corrected chi connectivity index (χ1v) is 8.57. The Hall–Kier alpha value is -2.43. The van der Waals surface area contributed by atoms with Crippen molar-refractivity contribution in [2.45, 2.75) is 24.9 Å². The van der Waals surface area contributed by atoms with Crippen LogP contribution in [0.25, 0.3) is 0 Å². The van der Waals surface area contributed by atoms with Gasteiger partial charge in [-0.2, -0.15) is 5.26 Å². The zero-order chi connectivity index (χ0) is 19.2. The molecule has 0 saturated carbocycles. The summed E-state index contributed by atoms with van der Waals surface area (Å²) in [6.45, 7) is 3.41. The molecule has 1 amide bonds. The first-order valence-electron chi connectivity index (χ1n) is 7.67. The van der Waals surface area contributed by atoms with Gasteiger partial charge in [0.25, 0.3) is 5.91 Å². The third-order valence-electron chi connectivity index (χ3n) is 4.37. The van der Waals surface area contributed by atoms with Crippen LogP contribution in [0, 0.1) is 17.1 Å². The van der Waals surface area contributed by atoms with Crippen molar-refractivity contribution >= 4 is 41.5 Å². The summed E-state index contributed by atoms with van der Waals surface area (Å²) in [6.07, 6.45) is 0. The number of carbonyl (C=O) groups is 1. The molecule has 1 fully saturated rings. The highest BCUT2D eigenvalue weighted by Crippen LogP contribution is 2.41. The number of hydrogen-bond acceptors (Lipinski definition) is 5. The van der Waals surface area contributed by atoms with Crippen molar-refractivity contribution in [2.75, 3.05) is 9.80 Å². The molecule has 2 aromatic rings. The average molecular weight is 392 g/mol. The molecule has 5 nitrogen and oxygen atoms in total. The van der Waals surface area contributed by atoms with Crippen LogP contribution < -0.4 is 9.80 Å². The number of thiol groups is 1. The number of phenols is 1. The Kier molecular flexibility index (Phi) is 4.51. The molecule has 26 heavy (non-hydrogen) atoms. The van der Waals surface area contributed by atoms with Gasteiger partial charge in [0.05, 0.1) is 10.6 Å². The summed E-state index contributed by atoms with van der Waals surface area (Å²) >= 11 is 10.6. The van der Waals surface area contributed by atoms with Crippen LogP contribution >= 0.6 is 24.2 Å². The SMILES string of the molecule is CC1(C)C(=O)N(c2ccc(C#N)c(Cl)c2)C(S)N1c1ccc(O)c(F)c1. The van der Waals surface area contributed by atoms with Gasteiger partial charge in [-0.05, 0) is 44.2 Å². The molecule has 1 saturated heterocycles. The van der Waals surface area contributed by atoms with E-state index >= 15 is 0 Å². The highest BCUT2D eigenvalue weighted by molar-refractivity contribution is 7.81. The maximum absolute atomic E-state index is 13.8. The Labute approximate surface area is 160 Å². The van der Waals surface area contributed by atoms with Crippen molar-refractivity contribution in [1.82, 2.24) is 0 Å². The zero-order valence-electron chi connectivity index (χ0n) is 13.9. The lowest BCUT2D eigenvalue weighted by molar-refractivity contribution is -0.120. The lowest BCUT2D eigenvalue weighted by Gasteiger charge is -2.33. The predicted molar refractivity (Wildman–Crippen MR) is 101 cm³/mol. The molecule has 1 N–H and O–H groups in total. The largest absolute Gasteiger partial charge is 0.505 e. The van der Waals surface area contributed by atoms with Gasteiger partial charge in [-0.15, -0.1) is 12.6 Å². The van der Waals surface area contributed by atoms with Crippen LogP contribution in [0.1, 0.15) is 19.4 Å². The van der Waals surface area contributed by atoms with E-state index in [-0.39, 0.29) is 10.9 Å². The Morgan fingerprint density at radius 2 is 1.92 bits per heavy atom. The van der Waals surface area contributed by atoms with Gasteiger partial charge in [-0.1, -0.05) is 11.6 Å². The van der Waals surface area contributed by atoms with E-state index in [1.54, 1.807) is 24.8 Å². The van der Waals surface area contributed by atoms with E-state index in [0.717, 1.165) is 6.07 Å². The predicted octanol–water partition coefficient (Wildman–Crippen LogP) is 3.90. The quantitative estimate of drug-likeness (QED) is 0.762. The molecular formula is C18H15ClFN3O2S. The maximum Gasteiger partial charge on any atom is 0.254 e. The first-order chi connectivity index (χ1) is 12.2. The van der Waals surface area contributed by atoms with Gasteiger partial charge in [0.1, 0.15) is 11.6 Å². The van der Waals surface area contributed by atoms with Gasteiger partial charge in [0, 0.05) is 17.4 Å². The molecule has 8 heteroatoms. The average Bonchev–Trinajstić information content (AvgIpc) is 2.75. The van der Waals surface area contributed by atoms with Crippen LogP contribution in [0.5, 0.6) is 5.75 Å². The summed E-state index contributed by atoms with van der Waals surface area (Å²) in [5, 5.41) is 18.6. The minimum atomic E-state index is -1.02. The van der Waals surface area contributed by atoms with E-state index in [1.807, 2.05) is 6.07 Å². The van der Waals surface area contributed by atoms with Crippen LogP contribution in [-0.2, 0) is 4.79 Å². The van der Waals surface area contributed by atoms with Gasteiger partial charge in [0.2, 0.25) is 0 Å². The second-order valence-electron chi connectivity index (χ2n) is 6.36. The molecule has 1 aliphatic heterocycles. The van der Waals surface area contributed by atoms with Gasteiger partial charge >= 0.3 is 0 Å². The number of benzene rings is 2. The first kappa shape index (κ1) is 18.4. The summed E-state index contributed by atoms with van der Waals surface area (Å²) in [5.74, 6) is -1.51. The summed E-state index contributed by atoms with van der Waals surface area (Å²) in [5.41, 5.74) is -0.564. The smallest absolute Gasteiger partial charge is 0.254 e. The third-order valence-corrected chi connectivity index (χ3v) is 5.14. The van der Waals surface area contributed by atoms with Crippen molar-refractivity contribution in [1.29, 1.82) is 5.26 Å². The maximum atomic E-state index is 13.8. The van der Waals surface area contributed by atoms with Crippen LogP contribution in [0.2, 0.25) is 5.02 Å². The topological polar surface area (TPSA) is 67.6 Å². The molecule has 1 unspecified atom stereocenters.